The number of hydrogen-bond donors (Lipinski definition) is 0. The van der Waals surface area contributed by atoms with Crippen LogP contribution in [0.5, 0.6) is 0 Å². The summed E-state index contributed by atoms with van der Waals surface area (Å²) in [4.78, 5) is 10.9. The summed E-state index contributed by atoms with van der Waals surface area (Å²) in [6.07, 6.45) is 8.74. The third-order valence-corrected chi connectivity index (χ3v) is 3.67. The van der Waals surface area contributed by atoms with Gasteiger partial charge in [-0.05, 0) is 44.3 Å². The number of furan rings is 1. The Morgan fingerprint density at radius 1 is 1.13 bits per heavy atom. The maximum absolute atomic E-state index is 5.14. The molecule has 0 unspecified atom stereocenters. The Hall–Kier alpha value is -2.47. The third-order valence-electron chi connectivity index (χ3n) is 3.67. The molecule has 0 fully saturated rings. The van der Waals surface area contributed by atoms with Gasteiger partial charge in [-0.25, -0.2) is 9.67 Å². The average Bonchev–Trinajstić information content (AvgIpc) is 3.21. The van der Waals surface area contributed by atoms with E-state index in [4.69, 9.17) is 9.40 Å². The van der Waals surface area contributed by atoms with E-state index in [-0.39, 0.29) is 0 Å². The number of hydrogen-bond acceptors (Lipinski definition) is 5. The maximum atomic E-state index is 5.14. The Morgan fingerprint density at radius 2 is 1.96 bits per heavy atom. The van der Waals surface area contributed by atoms with Crippen molar-refractivity contribution in [3.63, 3.8) is 0 Å². The molecule has 0 saturated carbocycles. The highest BCUT2D eigenvalue weighted by atomic mass is 16.3. The van der Waals surface area contributed by atoms with E-state index >= 15 is 0 Å². The molecule has 0 amide bonds. The van der Waals surface area contributed by atoms with E-state index in [0.717, 1.165) is 43.1 Å². The zero-order valence-corrected chi connectivity index (χ0v) is 13.5. The molecule has 6 nitrogen and oxygen atoms in total. The van der Waals surface area contributed by atoms with Crippen LogP contribution in [0.4, 0.5) is 0 Å². The van der Waals surface area contributed by atoms with Crippen LogP contribution in [0.25, 0.3) is 11.4 Å². The first-order valence-electron chi connectivity index (χ1n) is 7.72. The summed E-state index contributed by atoms with van der Waals surface area (Å²) >= 11 is 0. The molecule has 0 aromatic carbocycles. The monoisotopic (exact) mass is 311 g/mol. The van der Waals surface area contributed by atoms with Crippen molar-refractivity contribution in [3.05, 3.63) is 54.5 Å². The predicted octanol–water partition coefficient (Wildman–Crippen LogP) is 2.28. The van der Waals surface area contributed by atoms with Gasteiger partial charge in [0.05, 0.1) is 18.4 Å². The van der Waals surface area contributed by atoms with E-state index in [1.807, 2.05) is 35.3 Å². The molecule has 6 heteroatoms. The standard InChI is InChI=1S/C17H21N5O/c1-21(2)10-11-22-16(4-3-14-5-8-18-9-6-14)19-17(20-22)15-7-12-23-13-15/h5-9,12-13H,3-4,10-11H2,1-2H3. The zero-order chi connectivity index (χ0) is 16.1. The number of nitrogens with zero attached hydrogens (tertiary/aromatic N) is 5. The second kappa shape index (κ2) is 7.19. The number of aromatic nitrogens is 4. The Morgan fingerprint density at radius 3 is 2.65 bits per heavy atom. The van der Waals surface area contributed by atoms with Gasteiger partial charge in [-0.15, -0.1) is 0 Å². The fourth-order valence-electron chi connectivity index (χ4n) is 2.35. The van der Waals surface area contributed by atoms with Crippen LogP contribution in [0, 0.1) is 0 Å². The van der Waals surface area contributed by atoms with E-state index in [2.05, 4.69) is 29.1 Å². The first kappa shape index (κ1) is 15.4. The molecular weight excluding hydrogens is 290 g/mol. The van der Waals surface area contributed by atoms with E-state index < -0.39 is 0 Å². The van der Waals surface area contributed by atoms with Gasteiger partial charge in [0, 0.05) is 25.4 Å². The Bertz CT molecular complexity index is 719. The lowest BCUT2D eigenvalue weighted by Crippen LogP contribution is -2.20. The van der Waals surface area contributed by atoms with Crippen molar-refractivity contribution < 1.29 is 4.42 Å². The van der Waals surface area contributed by atoms with Crippen LogP contribution in [0.15, 0.2) is 47.5 Å². The minimum Gasteiger partial charge on any atom is -0.472 e. The fourth-order valence-corrected chi connectivity index (χ4v) is 2.35. The van der Waals surface area contributed by atoms with Crippen LogP contribution in [0.1, 0.15) is 11.4 Å². The molecular formula is C17H21N5O. The molecule has 0 aliphatic carbocycles. The summed E-state index contributed by atoms with van der Waals surface area (Å²) < 4.78 is 7.14. The first-order chi connectivity index (χ1) is 11.2. The minimum atomic E-state index is 0.724. The lowest BCUT2D eigenvalue weighted by Gasteiger charge is -2.10. The van der Waals surface area contributed by atoms with Crippen molar-refractivity contribution >= 4 is 0 Å². The van der Waals surface area contributed by atoms with Gasteiger partial charge in [0.15, 0.2) is 5.82 Å². The molecule has 0 spiro atoms. The van der Waals surface area contributed by atoms with Crippen molar-refractivity contribution in [2.75, 3.05) is 20.6 Å². The quantitative estimate of drug-likeness (QED) is 0.670. The van der Waals surface area contributed by atoms with Crippen molar-refractivity contribution in [3.8, 4) is 11.4 Å². The summed E-state index contributed by atoms with van der Waals surface area (Å²) in [5, 5.41) is 4.64. The highest BCUT2D eigenvalue weighted by Gasteiger charge is 2.12. The van der Waals surface area contributed by atoms with Gasteiger partial charge >= 0.3 is 0 Å². The molecule has 3 aromatic heterocycles. The van der Waals surface area contributed by atoms with E-state index in [9.17, 15) is 0 Å². The largest absolute Gasteiger partial charge is 0.472 e. The molecule has 23 heavy (non-hydrogen) atoms. The molecule has 120 valence electrons. The van der Waals surface area contributed by atoms with Crippen LogP contribution in [0.3, 0.4) is 0 Å². The number of rotatable bonds is 7. The number of pyridine rings is 1. The van der Waals surface area contributed by atoms with E-state index in [1.165, 1.54) is 5.56 Å². The topological polar surface area (TPSA) is 60.0 Å². The molecule has 0 atom stereocenters. The van der Waals surface area contributed by atoms with Gasteiger partial charge in [0.1, 0.15) is 12.1 Å². The lowest BCUT2D eigenvalue weighted by molar-refractivity contribution is 0.369. The van der Waals surface area contributed by atoms with Crippen molar-refractivity contribution in [1.29, 1.82) is 0 Å². The maximum Gasteiger partial charge on any atom is 0.184 e. The summed E-state index contributed by atoms with van der Waals surface area (Å²) in [7, 11) is 4.12. The third kappa shape index (κ3) is 4.04. The minimum absolute atomic E-state index is 0.724. The summed E-state index contributed by atoms with van der Waals surface area (Å²) in [5.74, 6) is 1.72. The number of aryl methyl sites for hydroxylation is 2. The predicted molar refractivity (Wildman–Crippen MR) is 87.9 cm³/mol. The van der Waals surface area contributed by atoms with Crippen molar-refractivity contribution in [1.82, 2.24) is 24.6 Å². The summed E-state index contributed by atoms with van der Waals surface area (Å²) in [6, 6.07) is 5.97. The molecule has 0 aliphatic rings. The Balaban J connectivity index is 1.78. The molecule has 0 N–H and O–H groups in total. The van der Waals surface area contributed by atoms with Gasteiger partial charge in [-0.3, -0.25) is 4.98 Å². The average molecular weight is 311 g/mol. The molecule has 0 aliphatic heterocycles. The highest BCUT2D eigenvalue weighted by Crippen LogP contribution is 2.17. The van der Waals surface area contributed by atoms with Crippen LogP contribution in [-0.2, 0) is 19.4 Å². The van der Waals surface area contributed by atoms with Gasteiger partial charge in [-0.1, -0.05) is 0 Å². The van der Waals surface area contributed by atoms with Crippen LogP contribution in [-0.4, -0.2) is 45.3 Å². The van der Waals surface area contributed by atoms with Gasteiger partial charge in [-0.2, -0.15) is 5.10 Å². The number of likely N-dealkylation sites (N-methyl/N-ethyl adjacent to an activating group) is 1. The highest BCUT2D eigenvalue weighted by molar-refractivity contribution is 5.51. The first-order valence-corrected chi connectivity index (χ1v) is 7.72. The van der Waals surface area contributed by atoms with E-state index in [0.29, 0.717) is 0 Å². The molecule has 0 saturated heterocycles. The Kier molecular flexibility index (Phi) is 4.83. The normalized spacial score (nSPS) is 11.3. The van der Waals surface area contributed by atoms with Gasteiger partial charge in [0.25, 0.3) is 0 Å². The van der Waals surface area contributed by atoms with Gasteiger partial charge in [0.2, 0.25) is 0 Å². The summed E-state index contributed by atoms with van der Waals surface area (Å²) in [6.45, 7) is 1.75. The second-order valence-corrected chi connectivity index (χ2v) is 5.75. The Labute approximate surface area is 135 Å². The molecule has 3 heterocycles. The smallest absolute Gasteiger partial charge is 0.184 e. The molecule has 0 bridgehead atoms. The molecule has 0 radical (unpaired) electrons. The molecule has 3 aromatic rings. The van der Waals surface area contributed by atoms with Crippen LogP contribution in [0.2, 0.25) is 0 Å². The van der Waals surface area contributed by atoms with Gasteiger partial charge < -0.3 is 9.32 Å². The van der Waals surface area contributed by atoms with Crippen LogP contribution >= 0.6 is 0 Å². The summed E-state index contributed by atoms with van der Waals surface area (Å²) in [5.41, 5.74) is 2.17. The molecule has 3 rings (SSSR count). The second-order valence-electron chi connectivity index (χ2n) is 5.75. The van der Waals surface area contributed by atoms with Crippen molar-refractivity contribution in [2.24, 2.45) is 0 Å². The lowest BCUT2D eigenvalue weighted by atomic mass is 10.1. The zero-order valence-electron chi connectivity index (χ0n) is 13.5. The fraction of sp³-hybridized carbons (Fsp3) is 0.353. The van der Waals surface area contributed by atoms with E-state index in [1.54, 1.807) is 12.5 Å². The van der Waals surface area contributed by atoms with Crippen molar-refractivity contribution in [2.45, 2.75) is 19.4 Å². The SMILES string of the molecule is CN(C)CCn1nc(-c2ccoc2)nc1CCc1ccncc1. The van der Waals surface area contributed by atoms with Crippen LogP contribution < -0.4 is 0 Å².